The van der Waals surface area contributed by atoms with Crippen LogP contribution in [0.15, 0.2) is 17.3 Å². The van der Waals surface area contributed by atoms with Crippen LogP contribution in [0, 0.1) is 0 Å². The Hall–Kier alpha value is -1.41. The van der Waals surface area contributed by atoms with Gasteiger partial charge in [0.25, 0.3) is 0 Å². The van der Waals surface area contributed by atoms with Gasteiger partial charge >= 0.3 is 6.18 Å². The first-order valence-electron chi connectivity index (χ1n) is 9.30. The van der Waals surface area contributed by atoms with Crippen LogP contribution in [0.4, 0.5) is 19.1 Å². The van der Waals surface area contributed by atoms with E-state index in [9.17, 15) is 13.2 Å². The van der Waals surface area contributed by atoms with Crippen molar-refractivity contribution in [3.05, 3.63) is 18.0 Å². The van der Waals surface area contributed by atoms with Crippen molar-refractivity contribution in [2.75, 3.05) is 51.8 Å². The lowest BCUT2D eigenvalue weighted by atomic mass is 10.1. The smallest absolute Gasteiger partial charge is 0.375 e. The number of hydrogen-bond donors (Lipinski definition) is 2. The molecule has 8 nitrogen and oxygen atoms in total. The maximum absolute atomic E-state index is 12.7. The molecule has 2 saturated heterocycles. The lowest BCUT2D eigenvalue weighted by Crippen LogP contribution is -2.53. The minimum atomic E-state index is -4.49. The van der Waals surface area contributed by atoms with Crippen LogP contribution < -0.4 is 10.6 Å². The van der Waals surface area contributed by atoms with Gasteiger partial charge in [-0.05, 0) is 18.9 Å². The van der Waals surface area contributed by atoms with E-state index < -0.39 is 11.9 Å². The Morgan fingerprint density at radius 1 is 1.28 bits per heavy atom. The van der Waals surface area contributed by atoms with Gasteiger partial charge in [0.15, 0.2) is 5.96 Å². The van der Waals surface area contributed by atoms with Gasteiger partial charge in [-0.1, -0.05) is 0 Å². The molecule has 1 aromatic heterocycles. The molecule has 0 aromatic carbocycles. The summed E-state index contributed by atoms with van der Waals surface area (Å²) in [4.78, 5) is 13.7. The van der Waals surface area contributed by atoms with Crippen molar-refractivity contribution >= 4 is 35.9 Å². The first kappa shape index (κ1) is 23.9. The minimum Gasteiger partial charge on any atom is -0.375 e. The number of aliphatic imine (C=N–C) groups is 1. The first-order valence-corrected chi connectivity index (χ1v) is 9.30. The molecular weight excluding hydrogens is 504 g/mol. The van der Waals surface area contributed by atoms with E-state index in [0.717, 1.165) is 37.7 Å². The minimum absolute atomic E-state index is 0. The lowest BCUT2D eigenvalue weighted by Gasteiger charge is -2.37. The number of guanidine groups is 1. The first-order chi connectivity index (χ1) is 13.5. The summed E-state index contributed by atoms with van der Waals surface area (Å²) in [5.41, 5.74) is -0.970. The highest BCUT2D eigenvalue weighted by Gasteiger charge is 2.33. The maximum Gasteiger partial charge on any atom is 0.433 e. The summed E-state index contributed by atoms with van der Waals surface area (Å²) in [6, 6.07) is 0.841. The SMILES string of the molecule is CN=C(NCCNc1nccc(C(F)(F)F)n1)N1CCOC(C2CCCO2)C1.I. The molecule has 0 aliphatic carbocycles. The molecule has 3 rings (SSSR count). The van der Waals surface area contributed by atoms with Crippen molar-refractivity contribution in [3.63, 3.8) is 0 Å². The third-order valence-corrected chi connectivity index (χ3v) is 4.62. The van der Waals surface area contributed by atoms with Crippen LogP contribution >= 0.6 is 24.0 Å². The fourth-order valence-corrected chi connectivity index (χ4v) is 3.27. The number of ether oxygens (including phenoxy) is 2. The molecule has 2 aliphatic rings. The van der Waals surface area contributed by atoms with Gasteiger partial charge < -0.3 is 25.0 Å². The topological polar surface area (TPSA) is 83.9 Å². The Morgan fingerprint density at radius 3 is 2.76 bits per heavy atom. The number of rotatable bonds is 5. The molecule has 12 heteroatoms. The summed E-state index contributed by atoms with van der Waals surface area (Å²) in [7, 11) is 1.70. The number of nitrogens with zero attached hydrogens (tertiary/aromatic N) is 4. The molecule has 0 spiro atoms. The van der Waals surface area contributed by atoms with Crippen LogP contribution in [-0.4, -0.2) is 79.5 Å². The van der Waals surface area contributed by atoms with Gasteiger partial charge in [0.05, 0.1) is 12.7 Å². The zero-order chi connectivity index (χ0) is 20.0. The van der Waals surface area contributed by atoms with Crippen LogP contribution in [-0.2, 0) is 15.7 Å². The van der Waals surface area contributed by atoms with Crippen molar-refractivity contribution in [1.82, 2.24) is 20.2 Å². The average Bonchev–Trinajstić information content (AvgIpc) is 3.23. The zero-order valence-electron chi connectivity index (χ0n) is 16.1. The van der Waals surface area contributed by atoms with Crippen LogP contribution in [0.25, 0.3) is 0 Å². The predicted molar refractivity (Wildman–Crippen MR) is 113 cm³/mol. The van der Waals surface area contributed by atoms with Gasteiger partial charge in [-0.2, -0.15) is 13.2 Å². The number of alkyl halides is 3. The Balaban J connectivity index is 0.00000300. The summed E-state index contributed by atoms with van der Waals surface area (Å²) in [6.45, 7) is 3.58. The van der Waals surface area contributed by atoms with Crippen molar-refractivity contribution in [2.45, 2.75) is 31.2 Å². The van der Waals surface area contributed by atoms with Gasteiger partial charge in [-0.15, -0.1) is 24.0 Å². The lowest BCUT2D eigenvalue weighted by molar-refractivity contribution is -0.141. The quantitative estimate of drug-likeness (QED) is 0.261. The highest BCUT2D eigenvalue weighted by atomic mass is 127. The van der Waals surface area contributed by atoms with Gasteiger partial charge in [0, 0.05) is 46.0 Å². The molecule has 2 fully saturated rings. The number of nitrogens with one attached hydrogen (secondary N) is 2. The fourth-order valence-electron chi connectivity index (χ4n) is 3.27. The predicted octanol–water partition coefficient (Wildman–Crippen LogP) is 1.98. The molecule has 29 heavy (non-hydrogen) atoms. The summed E-state index contributed by atoms with van der Waals surface area (Å²) >= 11 is 0. The van der Waals surface area contributed by atoms with Crippen LogP contribution in [0.5, 0.6) is 0 Å². The van der Waals surface area contributed by atoms with Crippen LogP contribution in [0.1, 0.15) is 18.5 Å². The summed E-state index contributed by atoms with van der Waals surface area (Å²) in [6.07, 6.45) is -1.20. The standard InChI is InChI=1S/C17H25F3N6O2.HI/c1-21-16(26-8-10-28-13(11-26)12-3-2-9-27-12)24-7-6-23-15-22-5-4-14(25-15)17(18,19)20;/h4-5,12-13H,2-3,6-11H2,1H3,(H,21,24)(H,22,23,25);1H. The van der Waals surface area contributed by atoms with Gasteiger partial charge in [-0.25, -0.2) is 9.97 Å². The Bertz CT molecular complexity index is 673. The van der Waals surface area contributed by atoms with E-state index >= 15 is 0 Å². The van der Waals surface area contributed by atoms with Gasteiger partial charge in [-0.3, -0.25) is 4.99 Å². The molecule has 0 amide bonds. The van der Waals surface area contributed by atoms with Gasteiger partial charge in [0.2, 0.25) is 5.95 Å². The van der Waals surface area contributed by atoms with Crippen LogP contribution in [0.3, 0.4) is 0 Å². The van der Waals surface area contributed by atoms with E-state index in [0.29, 0.717) is 32.8 Å². The molecule has 2 atom stereocenters. The van der Waals surface area contributed by atoms with E-state index in [4.69, 9.17) is 9.47 Å². The molecule has 0 bridgehead atoms. The summed E-state index contributed by atoms with van der Waals surface area (Å²) in [5.74, 6) is 0.662. The third-order valence-electron chi connectivity index (χ3n) is 4.62. The Kier molecular flexibility index (Phi) is 9.14. The number of hydrogen-bond acceptors (Lipinski definition) is 6. The van der Waals surface area contributed by atoms with Crippen molar-refractivity contribution in [1.29, 1.82) is 0 Å². The Morgan fingerprint density at radius 2 is 2.07 bits per heavy atom. The number of halogens is 4. The van der Waals surface area contributed by atoms with E-state index in [1.54, 1.807) is 7.05 Å². The number of anilines is 1. The van der Waals surface area contributed by atoms with Crippen molar-refractivity contribution in [3.8, 4) is 0 Å². The van der Waals surface area contributed by atoms with Crippen molar-refractivity contribution in [2.24, 2.45) is 4.99 Å². The molecule has 0 saturated carbocycles. The van der Waals surface area contributed by atoms with E-state index in [-0.39, 0.29) is 42.1 Å². The highest BCUT2D eigenvalue weighted by molar-refractivity contribution is 14.0. The second-order valence-electron chi connectivity index (χ2n) is 6.57. The third kappa shape index (κ3) is 6.81. The van der Waals surface area contributed by atoms with Crippen LogP contribution in [0.2, 0.25) is 0 Å². The molecular formula is C17H26F3IN6O2. The normalized spacial score (nSPS) is 22.9. The van der Waals surface area contributed by atoms with E-state index in [1.807, 2.05) is 0 Å². The van der Waals surface area contributed by atoms with E-state index in [2.05, 4.69) is 30.5 Å². The molecule has 0 radical (unpaired) electrons. The molecule has 164 valence electrons. The largest absolute Gasteiger partial charge is 0.433 e. The average molecular weight is 530 g/mol. The molecule has 2 N–H and O–H groups in total. The number of aromatic nitrogens is 2. The second-order valence-corrected chi connectivity index (χ2v) is 6.57. The molecule has 2 unspecified atom stereocenters. The number of morpholine rings is 1. The zero-order valence-corrected chi connectivity index (χ0v) is 18.4. The highest BCUT2D eigenvalue weighted by Crippen LogP contribution is 2.27. The van der Waals surface area contributed by atoms with E-state index in [1.165, 1.54) is 0 Å². The molecule has 2 aliphatic heterocycles. The second kappa shape index (κ2) is 11.1. The van der Waals surface area contributed by atoms with Gasteiger partial charge in [0.1, 0.15) is 11.8 Å². The fraction of sp³-hybridized carbons (Fsp3) is 0.706. The van der Waals surface area contributed by atoms with Crippen molar-refractivity contribution < 1.29 is 22.6 Å². The summed E-state index contributed by atoms with van der Waals surface area (Å²) in [5, 5.41) is 5.99. The monoisotopic (exact) mass is 530 g/mol. The summed E-state index contributed by atoms with van der Waals surface area (Å²) < 4.78 is 49.6. The maximum atomic E-state index is 12.7. The Labute approximate surface area is 184 Å². The molecule has 3 heterocycles. The molecule has 1 aromatic rings.